The maximum atomic E-state index is 13.7. The van der Waals surface area contributed by atoms with Crippen LogP contribution in [0, 0.1) is 23.1 Å². The van der Waals surface area contributed by atoms with Gasteiger partial charge in [-0.1, -0.05) is 25.1 Å². The van der Waals surface area contributed by atoms with Crippen molar-refractivity contribution in [2.24, 2.45) is 5.92 Å². The van der Waals surface area contributed by atoms with Gasteiger partial charge in [-0.15, -0.1) is 0 Å². The number of hydrogen-bond donors (Lipinski definition) is 0. The van der Waals surface area contributed by atoms with Crippen molar-refractivity contribution in [3.05, 3.63) is 54.0 Å². The number of halogens is 1. The highest BCUT2D eigenvalue weighted by atomic mass is 32.2. The molecular formula is C19H20FN3O2S. The van der Waals surface area contributed by atoms with Gasteiger partial charge in [-0.25, -0.2) is 22.1 Å². The zero-order valence-electron chi connectivity index (χ0n) is 14.5. The summed E-state index contributed by atoms with van der Waals surface area (Å²) >= 11 is 0. The lowest BCUT2D eigenvalue weighted by molar-refractivity contribution is 0.347. The van der Waals surface area contributed by atoms with Gasteiger partial charge >= 0.3 is 0 Å². The lowest BCUT2D eigenvalue weighted by Gasteiger charge is -2.36. The van der Waals surface area contributed by atoms with E-state index in [9.17, 15) is 12.8 Å². The molecule has 0 radical (unpaired) electrons. The summed E-state index contributed by atoms with van der Waals surface area (Å²) in [6.07, 6.45) is 4.14. The van der Waals surface area contributed by atoms with Crippen LogP contribution in [0.1, 0.15) is 38.2 Å². The Balaban J connectivity index is 2.10. The molecule has 0 unspecified atom stereocenters. The molecule has 7 heteroatoms. The highest BCUT2D eigenvalue weighted by Crippen LogP contribution is 2.34. The highest BCUT2D eigenvalue weighted by Gasteiger charge is 2.35. The van der Waals surface area contributed by atoms with Gasteiger partial charge < -0.3 is 0 Å². The Kier molecular flexibility index (Phi) is 5.23. The van der Waals surface area contributed by atoms with E-state index in [4.69, 9.17) is 5.26 Å². The molecule has 1 aliphatic carbocycles. The van der Waals surface area contributed by atoms with Crippen molar-refractivity contribution in [3.63, 3.8) is 0 Å². The summed E-state index contributed by atoms with van der Waals surface area (Å²) in [6, 6.07) is 10.8. The number of hydrogen-bond acceptors (Lipinski definition) is 4. The second-order valence-electron chi connectivity index (χ2n) is 6.66. The van der Waals surface area contributed by atoms with E-state index in [0.717, 1.165) is 19.0 Å². The van der Waals surface area contributed by atoms with Gasteiger partial charge in [0.05, 0.1) is 16.7 Å². The minimum absolute atomic E-state index is 0.0892. The molecular weight excluding hydrogens is 353 g/mol. The standard InChI is InChI=1S/C19H20FN3O2S/c1-14-7-9-16(10-8-14)23(19-11-15(12-21)18(20)13-22-19)26(24,25)17-5-3-2-4-6-17/h2-6,11,13-14,16H,7-10H2,1H3. The molecule has 0 N–H and O–H groups in total. The quantitative estimate of drug-likeness (QED) is 0.815. The molecule has 2 aromatic rings. The summed E-state index contributed by atoms with van der Waals surface area (Å²) < 4.78 is 41.6. The molecule has 3 rings (SSSR count). The fourth-order valence-electron chi connectivity index (χ4n) is 3.32. The second-order valence-corrected chi connectivity index (χ2v) is 8.48. The summed E-state index contributed by atoms with van der Waals surface area (Å²) in [5.74, 6) is -0.125. The molecule has 5 nitrogen and oxygen atoms in total. The number of nitriles is 1. The summed E-state index contributed by atoms with van der Waals surface area (Å²) in [6.45, 7) is 2.15. The van der Waals surface area contributed by atoms with Gasteiger partial charge in [-0.2, -0.15) is 5.26 Å². The van der Waals surface area contributed by atoms with Crippen LogP contribution in [0.2, 0.25) is 0 Å². The molecule has 1 aliphatic rings. The third kappa shape index (κ3) is 3.56. The van der Waals surface area contributed by atoms with Crippen molar-refractivity contribution in [2.45, 2.75) is 43.5 Å². The van der Waals surface area contributed by atoms with E-state index >= 15 is 0 Å². The maximum Gasteiger partial charge on any atom is 0.265 e. The van der Waals surface area contributed by atoms with E-state index in [0.29, 0.717) is 18.8 Å². The van der Waals surface area contributed by atoms with Gasteiger partial charge in [0.2, 0.25) is 0 Å². The Morgan fingerprint density at radius 2 is 1.85 bits per heavy atom. The number of benzene rings is 1. The molecule has 0 spiro atoms. The summed E-state index contributed by atoms with van der Waals surface area (Å²) in [5.41, 5.74) is -0.215. The van der Waals surface area contributed by atoms with E-state index < -0.39 is 15.8 Å². The van der Waals surface area contributed by atoms with Crippen molar-refractivity contribution in [2.75, 3.05) is 4.31 Å². The minimum atomic E-state index is -3.87. The first-order chi connectivity index (χ1) is 12.4. The zero-order chi connectivity index (χ0) is 18.7. The molecule has 0 amide bonds. The SMILES string of the molecule is CC1CCC(N(c2cc(C#N)c(F)cn2)S(=O)(=O)c2ccccc2)CC1. The van der Waals surface area contributed by atoms with E-state index in [1.54, 1.807) is 24.3 Å². The molecule has 136 valence electrons. The molecule has 1 aromatic carbocycles. The first-order valence-electron chi connectivity index (χ1n) is 8.58. The van der Waals surface area contributed by atoms with Crippen molar-refractivity contribution >= 4 is 15.8 Å². The molecule has 1 saturated carbocycles. The van der Waals surface area contributed by atoms with Crippen LogP contribution in [0.25, 0.3) is 0 Å². The second kappa shape index (κ2) is 7.42. The number of anilines is 1. The molecule has 1 heterocycles. The summed E-state index contributed by atoms with van der Waals surface area (Å²) in [7, 11) is -3.87. The van der Waals surface area contributed by atoms with Crippen LogP contribution in [-0.4, -0.2) is 19.4 Å². The Hall–Kier alpha value is -2.46. The van der Waals surface area contributed by atoms with Crippen molar-refractivity contribution in [1.29, 1.82) is 5.26 Å². The van der Waals surface area contributed by atoms with Crippen molar-refractivity contribution in [1.82, 2.24) is 4.98 Å². The molecule has 1 aromatic heterocycles. The number of rotatable bonds is 4. The average Bonchev–Trinajstić information content (AvgIpc) is 2.65. The molecule has 0 atom stereocenters. The minimum Gasteiger partial charge on any atom is -0.247 e. The maximum absolute atomic E-state index is 13.7. The molecule has 1 fully saturated rings. The van der Waals surface area contributed by atoms with Gasteiger partial charge in [0.25, 0.3) is 10.0 Å². The fraction of sp³-hybridized carbons (Fsp3) is 0.368. The van der Waals surface area contributed by atoms with Crippen LogP contribution >= 0.6 is 0 Å². The topological polar surface area (TPSA) is 74.1 Å². The predicted octanol–water partition coefficient (Wildman–Crippen LogP) is 3.87. The van der Waals surface area contributed by atoms with Crippen LogP contribution in [0.3, 0.4) is 0 Å². The third-order valence-electron chi connectivity index (χ3n) is 4.80. The Morgan fingerprint density at radius 3 is 2.46 bits per heavy atom. The van der Waals surface area contributed by atoms with Gasteiger partial charge in [-0.05, 0) is 43.7 Å². The van der Waals surface area contributed by atoms with Crippen LogP contribution in [-0.2, 0) is 10.0 Å². The van der Waals surface area contributed by atoms with Gasteiger partial charge in [-0.3, -0.25) is 0 Å². The van der Waals surface area contributed by atoms with E-state index in [1.165, 1.54) is 22.5 Å². The van der Waals surface area contributed by atoms with Gasteiger partial charge in [0.15, 0.2) is 5.82 Å². The largest absolute Gasteiger partial charge is 0.265 e. The lowest BCUT2D eigenvalue weighted by atomic mass is 9.87. The van der Waals surface area contributed by atoms with Crippen molar-refractivity contribution in [3.8, 4) is 6.07 Å². The molecule has 0 aliphatic heterocycles. The van der Waals surface area contributed by atoms with E-state index in [-0.39, 0.29) is 22.3 Å². The number of sulfonamides is 1. The monoisotopic (exact) mass is 373 g/mol. The van der Waals surface area contributed by atoms with E-state index in [2.05, 4.69) is 11.9 Å². The highest BCUT2D eigenvalue weighted by molar-refractivity contribution is 7.92. The lowest BCUT2D eigenvalue weighted by Crippen LogP contribution is -2.43. The van der Waals surface area contributed by atoms with Gasteiger partial charge in [0.1, 0.15) is 11.9 Å². The smallest absolute Gasteiger partial charge is 0.247 e. The average molecular weight is 373 g/mol. The Morgan fingerprint density at radius 1 is 1.19 bits per heavy atom. The molecule has 26 heavy (non-hydrogen) atoms. The first kappa shape index (κ1) is 18.3. The van der Waals surface area contributed by atoms with Crippen LogP contribution in [0.5, 0.6) is 0 Å². The fourth-order valence-corrected chi connectivity index (χ4v) is 5.00. The zero-order valence-corrected chi connectivity index (χ0v) is 15.3. The van der Waals surface area contributed by atoms with Gasteiger partial charge in [0, 0.05) is 12.1 Å². The van der Waals surface area contributed by atoms with Crippen LogP contribution in [0.15, 0.2) is 47.5 Å². The van der Waals surface area contributed by atoms with E-state index in [1.807, 2.05) is 0 Å². The molecule has 0 saturated heterocycles. The number of nitrogens with zero attached hydrogens (tertiary/aromatic N) is 3. The third-order valence-corrected chi connectivity index (χ3v) is 6.68. The first-order valence-corrected chi connectivity index (χ1v) is 10.0. The van der Waals surface area contributed by atoms with Crippen molar-refractivity contribution < 1.29 is 12.8 Å². The summed E-state index contributed by atoms with van der Waals surface area (Å²) in [5, 5.41) is 9.10. The summed E-state index contributed by atoms with van der Waals surface area (Å²) in [4.78, 5) is 4.15. The Bertz CT molecular complexity index is 918. The Labute approximate surface area is 153 Å². The van der Waals surface area contributed by atoms with Crippen LogP contribution < -0.4 is 4.31 Å². The predicted molar refractivity (Wildman–Crippen MR) is 96.4 cm³/mol. The normalized spacial score (nSPS) is 20.3. The number of aromatic nitrogens is 1. The van der Waals surface area contributed by atoms with Crippen LogP contribution in [0.4, 0.5) is 10.2 Å². The molecule has 0 bridgehead atoms. The number of pyridine rings is 1.